The number of rotatable bonds is 4. The number of nitrogens with zero attached hydrogens (tertiary/aromatic N) is 3. The van der Waals surface area contributed by atoms with Crippen LogP contribution < -0.4 is 10.2 Å². The summed E-state index contributed by atoms with van der Waals surface area (Å²) < 4.78 is 5.36. The molecule has 1 amide bonds. The molecule has 0 bridgehead atoms. The fourth-order valence-corrected chi connectivity index (χ4v) is 3.09. The van der Waals surface area contributed by atoms with Crippen LogP contribution in [-0.4, -0.2) is 42.2 Å². The van der Waals surface area contributed by atoms with E-state index in [1.807, 2.05) is 48.5 Å². The number of nitrogens with one attached hydrogen (secondary N) is 1. The lowest BCUT2D eigenvalue weighted by atomic mass is 10.0. The molecule has 0 radical (unpaired) electrons. The molecule has 3 aromatic rings. The molecule has 1 aromatic heterocycles. The van der Waals surface area contributed by atoms with E-state index >= 15 is 0 Å². The van der Waals surface area contributed by atoms with E-state index in [0.29, 0.717) is 31.3 Å². The van der Waals surface area contributed by atoms with Gasteiger partial charge >= 0.3 is 0 Å². The Balaban J connectivity index is 1.47. The molecule has 0 atom stereocenters. The molecule has 4 rings (SSSR count). The Hall–Kier alpha value is -2.99. The van der Waals surface area contributed by atoms with Gasteiger partial charge in [0.15, 0.2) is 0 Å². The number of amides is 1. The van der Waals surface area contributed by atoms with Crippen molar-refractivity contribution in [2.45, 2.75) is 6.54 Å². The van der Waals surface area contributed by atoms with E-state index in [0.717, 1.165) is 29.6 Å². The Kier molecular flexibility index (Phi) is 4.75. The van der Waals surface area contributed by atoms with Crippen LogP contribution in [0.25, 0.3) is 10.8 Å². The number of hydrogen-bond donors (Lipinski definition) is 1. The summed E-state index contributed by atoms with van der Waals surface area (Å²) in [6, 6.07) is 15.5. The van der Waals surface area contributed by atoms with Crippen LogP contribution in [0.1, 0.15) is 16.1 Å². The molecule has 2 aromatic carbocycles. The van der Waals surface area contributed by atoms with E-state index < -0.39 is 0 Å². The lowest BCUT2D eigenvalue weighted by Crippen LogP contribution is -2.37. The number of ether oxygens (including phenoxy) is 1. The predicted octanol–water partition coefficient (Wildman–Crippen LogP) is 2.40. The van der Waals surface area contributed by atoms with Gasteiger partial charge < -0.3 is 15.0 Å². The zero-order valence-corrected chi connectivity index (χ0v) is 14.4. The molecule has 1 saturated heterocycles. The first-order valence-corrected chi connectivity index (χ1v) is 8.72. The lowest BCUT2D eigenvalue weighted by molar-refractivity contribution is 0.0952. The Morgan fingerprint density at radius 1 is 1.08 bits per heavy atom. The van der Waals surface area contributed by atoms with Crippen molar-refractivity contribution in [2.24, 2.45) is 0 Å². The summed E-state index contributed by atoms with van der Waals surface area (Å²) in [6.07, 6.45) is 1.73. The molecular weight excluding hydrogens is 328 g/mol. The quantitative estimate of drug-likeness (QED) is 0.784. The normalized spacial score (nSPS) is 14.4. The number of carbonyl (C=O) groups is 1. The van der Waals surface area contributed by atoms with Crippen molar-refractivity contribution in [3.63, 3.8) is 0 Å². The van der Waals surface area contributed by atoms with E-state index in [9.17, 15) is 4.79 Å². The van der Waals surface area contributed by atoms with Crippen molar-refractivity contribution >= 4 is 22.6 Å². The van der Waals surface area contributed by atoms with Gasteiger partial charge in [0.1, 0.15) is 0 Å². The van der Waals surface area contributed by atoms with E-state index in [-0.39, 0.29) is 5.91 Å². The van der Waals surface area contributed by atoms with Gasteiger partial charge in [-0.1, -0.05) is 36.4 Å². The molecule has 26 heavy (non-hydrogen) atoms. The zero-order chi connectivity index (χ0) is 17.8. The highest BCUT2D eigenvalue weighted by atomic mass is 16.5. The monoisotopic (exact) mass is 348 g/mol. The molecule has 0 aliphatic carbocycles. The summed E-state index contributed by atoms with van der Waals surface area (Å²) >= 11 is 0. The van der Waals surface area contributed by atoms with Gasteiger partial charge in [-0.25, -0.2) is 9.97 Å². The first-order valence-electron chi connectivity index (χ1n) is 8.72. The van der Waals surface area contributed by atoms with Crippen molar-refractivity contribution in [1.29, 1.82) is 0 Å². The largest absolute Gasteiger partial charge is 0.378 e. The molecule has 0 unspecified atom stereocenters. The second kappa shape index (κ2) is 7.49. The molecular formula is C20H20N4O2. The second-order valence-electron chi connectivity index (χ2n) is 6.16. The Morgan fingerprint density at radius 2 is 1.88 bits per heavy atom. The van der Waals surface area contributed by atoms with Crippen LogP contribution in [0.2, 0.25) is 0 Å². The smallest absolute Gasteiger partial charge is 0.252 e. The molecule has 1 aliphatic rings. The van der Waals surface area contributed by atoms with Crippen LogP contribution in [0, 0.1) is 0 Å². The molecule has 1 aliphatic heterocycles. The highest BCUT2D eigenvalue weighted by molar-refractivity contribution is 6.06. The van der Waals surface area contributed by atoms with Gasteiger partial charge in [-0.05, 0) is 22.9 Å². The average Bonchev–Trinajstić information content (AvgIpc) is 2.72. The number of aromatic nitrogens is 2. The van der Waals surface area contributed by atoms with Crippen LogP contribution in [0.4, 0.5) is 5.95 Å². The minimum absolute atomic E-state index is 0.103. The standard InChI is InChI=1S/C20H20N4O2/c25-19(18-7-3-5-15-4-1-2-6-17(15)18)22-14-16-8-9-21-20(23-16)24-10-12-26-13-11-24/h1-9H,10-14H2,(H,22,25). The molecule has 0 saturated carbocycles. The Labute approximate surface area is 151 Å². The number of carbonyl (C=O) groups excluding carboxylic acids is 1. The highest BCUT2D eigenvalue weighted by Crippen LogP contribution is 2.18. The fraction of sp³-hybridized carbons (Fsp3) is 0.250. The van der Waals surface area contributed by atoms with E-state index in [1.54, 1.807) is 6.20 Å². The average molecular weight is 348 g/mol. The number of morpholine rings is 1. The van der Waals surface area contributed by atoms with E-state index in [1.165, 1.54) is 0 Å². The van der Waals surface area contributed by atoms with Gasteiger partial charge in [0.2, 0.25) is 5.95 Å². The van der Waals surface area contributed by atoms with Crippen LogP contribution >= 0.6 is 0 Å². The Morgan fingerprint density at radius 3 is 2.77 bits per heavy atom. The third-order valence-electron chi connectivity index (χ3n) is 4.46. The third kappa shape index (κ3) is 3.50. The van der Waals surface area contributed by atoms with Crippen LogP contribution in [0.5, 0.6) is 0 Å². The van der Waals surface area contributed by atoms with Gasteiger partial charge in [0.05, 0.1) is 25.5 Å². The molecule has 0 spiro atoms. The summed E-state index contributed by atoms with van der Waals surface area (Å²) in [4.78, 5) is 23.6. The number of fused-ring (bicyclic) bond motifs is 1. The summed E-state index contributed by atoms with van der Waals surface area (Å²) in [5, 5.41) is 4.97. The number of hydrogen-bond acceptors (Lipinski definition) is 5. The minimum Gasteiger partial charge on any atom is -0.378 e. The number of anilines is 1. The maximum Gasteiger partial charge on any atom is 0.252 e. The topological polar surface area (TPSA) is 67.4 Å². The van der Waals surface area contributed by atoms with Crippen molar-refractivity contribution < 1.29 is 9.53 Å². The van der Waals surface area contributed by atoms with Crippen molar-refractivity contribution in [3.05, 3.63) is 66.0 Å². The first kappa shape index (κ1) is 16.5. The number of benzene rings is 2. The zero-order valence-electron chi connectivity index (χ0n) is 14.4. The lowest BCUT2D eigenvalue weighted by Gasteiger charge is -2.26. The van der Waals surface area contributed by atoms with Crippen molar-refractivity contribution in [3.8, 4) is 0 Å². The van der Waals surface area contributed by atoms with Crippen LogP contribution in [0.3, 0.4) is 0 Å². The van der Waals surface area contributed by atoms with Crippen molar-refractivity contribution in [1.82, 2.24) is 15.3 Å². The second-order valence-corrected chi connectivity index (χ2v) is 6.16. The molecule has 6 heteroatoms. The summed E-state index contributed by atoms with van der Waals surface area (Å²) in [5.74, 6) is 0.582. The van der Waals surface area contributed by atoms with Gasteiger partial charge in [0.25, 0.3) is 5.91 Å². The minimum atomic E-state index is -0.103. The van der Waals surface area contributed by atoms with Gasteiger partial charge in [-0.3, -0.25) is 4.79 Å². The van der Waals surface area contributed by atoms with Gasteiger partial charge in [-0.2, -0.15) is 0 Å². The van der Waals surface area contributed by atoms with Gasteiger partial charge in [0, 0.05) is 24.8 Å². The van der Waals surface area contributed by atoms with Crippen LogP contribution in [0.15, 0.2) is 54.7 Å². The van der Waals surface area contributed by atoms with E-state index in [4.69, 9.17) is 4.74 Å². The van der Waals surface area contributed by atoms with Crippen LogP contribution in [-0.2, 0) is 11.3 Å². The summed E-state index contributed by atoms with van der Waals surface area (Å²) in [7, 11) is 0. The highest BCUT2D eigenvalue weighted by Gasteiger charge is 2.14. The molecule has 2 heterocycles. The van der Waals surface area contributed by atoms with Crippen molar-refractivity contribution in [2.75, 3.05) is 31.2 Å². The Bertz CT molecular complexity index is 917. The third-order valence-corrected chi connectivity index (χ3v) is 4.46. The molecule has 1 N–H and O–H groups in total. The SMILES string of the molecule is O=C(NCc1ccnc(N2CCOCC2)n1)c1cccc2ccccc12. The predicted molar refractivity (Wildman–Crippen MR) is 100 cm³/mol. The fourth-order valence-electron chi connectivity index (χ4n) is 3.09. The van der Waals surface area contributed by atoms with Gasteiger partial charge in [-0.15, -0.1) is 0 Å². The molecule has 132 valence electrons. The summed E-state index contributed by atoms with van der Waals surface area (Å²) in [6.45, 7) is 3.30. The molecule has 1 fully saturated rings. The maximum absolute atomic E-state index is 12.6. The van der Waals surface area contributed by atoms with E-state index in [2.05, 4.69) is 20.2 Å². The summed E-state index contributed by atoms with van der Waals surface area (Å²) in [5.41, 5.74) is 1.46. The molecule has 6 nitrogen and oxygen atoms in total. The maximum atomic E-state index is 12.6. The first-order chi connectivity index (χ1) is 12.8.